The van der Waals surface area contributed by atoms with E-state index in [2.05, 4.69) is 48.0 Å². The maximum Gasteiger partial charge on any atom is 0.223 e. The number of rotatable bonds is 7. The molecule has 0 aliphatic carbocycles. The lowest BCUT2D eigenvalue weighted by molar-refractivity contribution is -0.117. The average molecular weight is 445 g/mol. The fraction of sp³-hybridized carbons (Fsp3) is 0.0690. The van der Waals surface area contributed by atoms with E-state index in [4.69, 9.17) is 10.8 Å². The van der Waals surface area contributed by atoms with Crippen LogP contribution in [0, 0.1) is 0 Å². The van der Waals surface area contributed by atoms with E-state index in [1.54, 1.807) is 12.3 Å². The molecule has 2 heterocycles. The third-order valence-corrected chi connectivity index (χ3v) is 6.09. The second-order valence-electron chi connectivity index (χ2n) is 8.15. The Morgan fingerprint density at radius 1 is 0.882 bits per heavy atom. The largest absolute Gasteiger partial charge is 0.369 e. The van der Waals surface area contributed by atoms with Crippen molar-refractivity contribution in [2.45, 2.75) is 12.0 Å². The van der Waals surface area contributed by atoms with Crippen LogP contribution in [0.4, 0.5) is 0 Å². The molecule has 0 aliphatic rings. The minimum atomic E-state index is -0.783. The van der Waals surface area contributed by atoms with Crippen LogP contribution in [0.2, 0.25) is 0 Å². The van der Waals surface area contributed by atoms with E-state index in [1.165, 1.54) is 0 Å². The molecule has 0 unspecified atom stereocenters. The highest BCUT2D eigenvalue weighted by molar-refractivity contribution is 5.88. The van der Waals surface area contributed by atoms with Crippen LogP contribution in [0.3, 0.4) is 0 Å². The lowest BCUT2D eigenvalue weighted by Gasteiger charge is -2.37. The smallest absolute Gasteiger partial charge is 0.223 e. The van der Waals surface area contributed by atoms with E-state index in [1.807, 2.05) is 65.3 Å². The first-order chi connectivity index (χ1) is 16.6. The first-order valence-electron chi connectivity index (χ1n) is 11.1. The molecule has 0 radical (unpaired) electrons. The summed E-state index contributed by atoms with van der Waals surface area (Å²) in [5.74, 6) is -0.428. The number of amides is 1. The zero-order chi connectivity index (χ0) is 23.5. The van der Waals surface area contributed by atoms with Crippen molar-refractivity contribution >= 4 is 22.9 Å². The van der Waals surface area contributed by atoms with Crippen LogP contribution in [0.5, 0.6) is 0 Å². The van der Waals surface area contributed by atoms with Crippen LogP contribution in [-0.2, 0) is 16.8 Å². The van der Waals surface area contributed by atoms with Crippen molar-refractivity contribution in [2.75, 3.05) is 0 Å². The van der Waals surface area contributed by atoms with E-state index in [-0.39, 0.29) is 6.42 Å². The van der Waals surface area contributed by atoms with E-state index < -0.39 is 11.4 Å². The lowest BCUT2D eigenvalue weighted by atomic mass is 9.77. The Balaban J connectivity index is 1.96. The van der Waals surface area contributed by atoms with Crippen molar-refractivity contribution < 1.29 is 4.79 Å². The molecule has 0 fully saturated rings. The molecule has 2 N–H and O–H groups in total. The average Bonchev–Trinajstić information content (AvgIpc) is 3.24. The Bertz CT molecular complexity index is 1360. The van der Waals surface area contributed by atoms with Gasteiger partial charge in [0.25, 0.3) is 0 Å². The van der Waals surface area contributed by atoms with Crippen LogP contribution >= 0.6 is 0 Å². The van der Waals surface area contributed by atoms with Gasteiger partial charge in [-0.25, -0.2) is 4.68 Å². The van der Waals surface area contributed by atoms with Gasteiger partial charge < -0.3 is 5.73 Å². The molecule has 0 bridgehead atoms. The molecule has 0 saturated heterocycles. The highest BCUT2D eigenvalue weighted by Crippen LogP contribution is 2.42. The van der Waals surface area contributed by atoms with Gasteiger partial charge in [-0.05, 0) is 28.8 Å². The van der Waals surface area contributed by atoms with Crippen LogP contribution in [0.15, 0.2) is 110 Å². The minimum Gasteiger partial charge on any atom is -0.369 e. The van der Waals surface area contributed by atoms with Gasteiger partial charge in [0, 0.05) is 11.6 Å². The predicted molar refractivity (Wildman–Crippen MR) is 135 cm³/mol. The molecule has 0 spiro atoms. The van der Waals surface area contributed by atoms with Gasteiger partial charge in [-0.1, -0.05) is 97.6 Å². The zero-order valence-electron chi connectivity index (χ0n) is 18.6. The summed E-state index contributed by atoms with van der Waals surface area (Å²) >= 11 is 0. The van der Waals surface area contributed by atoms with Gasteiger partial charge in [-0.2, -0.15) is 5.10 Å². The molecule has 5 nitrogen and oxygen atoms in total. The predicted octanol–water partition coefficient (Wildman–Crippen LogP) is 4.94. The number of hydrogen-bond donors (Lipinski definition) is 1. The van der Waals surface area contributed by atoms with E-state index in [0.717, 1.165) is 33.3 Å². The maximum atomic E-state index is 11.7. The fourth-order valence-electron chi connectivity index (χ4n) is 4.66. The van der Waals surface area contributed by atoms with E-state index in [9.17, 15) is 4.79 Å². The first kappa shape index (κ1) is 21.3. The van der Waals surface area contributed by atoms with Crippen molar-refractivity contribution in [2.24, 2.45) is 5.73 Å². The van der Waals surface area contributed by atoms with Gasteiger partial charge in [0.1, 0.15) is 5.54 Å². The topological polar surface area (TPSA) is 73.8 Å². The number of primary amides is 1. The summed E-state index contributed by atoms with van der Waals surface area (Å²) in [5, 5.41) is 5.93. The Morgan fingerprint density at radius 2 is 1.38 bits per heavy atom. The van der Waals surface area contributed by atoms with Gasteiger partial charge in [0.05, 0.1) is 23.3 Å². The van der Waals surface area contributed by atoms with Crippen molar-refractivity contribution in [1.29, 1.82) is 0 Å². The molecule has 5 heteroatoms. The molecular weight excluding hydrogens is 420 g/mol. The zero-order valence-corrected chi connectivity index (χ0v) is 18.6. The number of nitrogens with zero attached hydrogens (tertiary/aromatic N) is 3. The Hall–Kier alpha value is -4.51. The summed E-state index contributed by atoms with van der Waals surface area (Å²) in [6.45, 7) is 3.99. The molecule has 34 heavy (non-hydrogen) atoms. The molecular formula is C29H24N4O. The number of fused-ring (bicyclic) bond motifs is 1. The normalized spacial score (nSPS) is 11.4. The van der Waals surface area contributed by atoms with Crippen molar-refractivity contribution in [1.82, 2.24) is 14.8 Å². The quantitative estimate of drug-likeness (QED) is 0.361. The summed E-state index contributed by atoms with van der Waals surface area (Å²) < 4.78 is 2.03. The summed E-state index contributed by atoms with van der Waals surface area (Å²) in [5.41, 5.74) is 10.0. The number of hydrogen-bond acceptors (Lipinski definition) is 3. The summed E-state index contributed by atoms with van der Waals surface area (Å²) in [6, 6.07) is 32.9. The molecule has 1 amide bonds. The Labute approximate surface area is 198 Å². The molecule has 2 aromatic heterocycles. The number of nitrogens with two attached hydrogens (primary N) is 1. The molecule has 5 rings (SSSR count). The highest BCUT2D eigenvalue weighted by Gasteiger charge is 2.40. The number of carbonyl (C=O) groups is 1. The molecule has 0 saturated carbocycles. The van der Waals surface area contributed by atoms with Crippen molar-refractivity contribution in [3.63, 3.8) is 0 Å². The van der Waals surface area contributed by atoms with E-state index >= 15 is 0 Å². The van der Waals surface area contributed by atoms with Crippen molar-refractivity contribution in [3.8, 4) is 0 Å². The molecule has 5 aromatic rings. The number of pyridine rings is 1. The van der Waals surface area contributed by atoms with Gasteiger partial charge in [-0.15, -0.1) is 0 Å². The van der Waals surface area contributed by atoms with Gasteiger partial charge in [0.15, 0.2) is 0 Å². The molecule has 3 aromatic carbocycles. The van der Waals surface area contributed by atoms with Gasteiger partial charge in [0.2, 0.25) is 5.91 Å². The Kier molecular flexibility index (Phi) is 5.52. The third kappa shape index (κ3) is 3.48. The number of aromatic nitrogens is 3. The lowest BCUT2D eigenvalue weighted by Crippen LogP contribution is -2.38. The van der Waals surface area contributed by atoms with Crippen molar-refractivity contribution in [3.05, 3.63) is 138 Å². The molecule has 0 aliphatic heterocycles. The second kappa shape index (κ2) is 8.79. The van der Waals surface area contributed by atoms with E-state index in [0.29, 0.717) is 5.69 Å². The Morgan fingerprint density at radius 3 is 1.82 bits per heavy atom. The summed E-state index contributed by atoms with van der Waals surface area (Å²) in [7, 11) is 0. The van der Waals surface area contributed by atoms with Gasteiger partial charge in [-0.3, -0.25) is 9.78 Å². The summed E-state index contributed by atoms with van der Waals surface area (Å²) in [6.07, 6.45) is 3.54. The van der Waals surface area contributed by atoms with Crippen LogP contribution in [0.1, 0.15) is 28.1 Å². The first-order valence-corrected chi connectivity index (χ1v) is 11.1. The SMILES string of the molecule is C=Cc1nn(C(c2ccccc2)(c2ccccc2)c2ccccc2)c2cc(CC(N)=O)ncc12. The monoisotopic (exact) mass is 444 g/mol. The van der Waals surface area contributed by atoms with Gasteiger partial charge >= 0.3 is 0 Å². The van der Waals surface area contributed by atoms with Crippen LogP contribution < -0.4 is 5.73 Å². The number of benzene rings is 3. The third-order valence-electron chi connectivity index (χ3n) is 6.09. The minimum absolute atomic E-state index is 0.0551. The maximum absolute atomic E-state index is 11.7. The molecule has 0 atom stereocenters. The summed E-state index contributed by atoms with van der Waals surface area (Å²) in [4.78, 5) is 16.1. The van der Waals surface area contributed by atoms with Crippen LogP contribution in [0.25, 0.3) is 17.0 Å². The molecule has 166 valence electrons. The standard InChI is InChI=1S/C29H24N4O/c1-2-26-25-20-31-24(19-28(30)34)18-27(25)33(32-26)29(21-12-6-3-7-13-21,22-14-8-4-9-15-22)23-16-10-5-11-17-23/h2-18,20H,1,19H2,(H2,30,34). The second-order valence-corrected chi connectivity index (χ2v) is 8.15. The number of carbonyl (C=O) groups excluding carboxylic acids is 1. The van der Waals surface area contributed by atoms with Crippen LogP contribution in [-0.4, -0.2) is 20.7 Å². The highest BCUT2D eigenvalue weighted by atomic mass is 16.1. The fourth-order valence-corrected chi connectivity index (χ4v) is 4.66.